The molecule has 0 saturated carbocycles. The molecule has 0 spiro atoms. The van der Waals surface area contributed by atoms with Gasteiger partial charge in [0.1, 0.15) is 5.69 Å². The molecule has 1 aliphatic heterocycles. The van der Waals surface area contributed by atoms with E-state index in [1.54, 1.807) is 24.5 Å². The molecule has 2 amide bonds. The van der Waals surface area contributed by atoms with Gasteiger partial charge in [-0.1, -0.05) is 43.3 Å². The van der Waals surface area contributed by atoms with Crippen molar-refractivity contribution in [3.63, 3.8) is 0 Å². The Balaban J connectivity index is 1.59. The van der Waals surface area contributed by atoms with Crippen LogP contribution in [0.25, 0.3) is 11.1 Å². The fourth-order valence-corrected chi connectivity index (χ4v) is 4.54. The van der Waals surface area contributed by atoms with Crippen LogP contribution < -0.4 is 5.32 Å². The highest BCUT2D eigenvalue weighted by molar-refractivity contribution is 5.92. The van der Waals surface area contributed by atoms with Gasteiger partial charge in [-0.15, -0.1) is 0 Å². The molecule has 0 radical (unpaired) electrons. The van der Waals surface area contributed by atoms with Crippen LogP contribution >= 0.6 is 0 Å². The number of carbonyl (C=O) groups is 2. The topological polar surface area (TPSA) is 75.2 Å². The van der Waals surface area contributed by atoms with E-state index >= 15 is 0 Å². The second kappa shape index (κ2) is 10.4. The summed E-state index contributed by atoms with van der Waals surface area (Å²) in [6.45, 7) is 3.77. The summed E-state index contributed by atoms with van der Waals surface area (Å²) in [5.41, 5.74) is 3.15. The molecule has 1 fully saturated rings. The van der Waals surface area contributed by atoms with Crippen LogP contribution in [0.5, 0.6) is 0 Å². The predicted octanol–water partition coefficient (Wildman–Crippen LogP) is 4.13. The lowest BCUT2D eigenvalue weighted by Gasteiger charge is -2.41. The molecule has 6 heteroatoms. The maximum absolute atomic E-state index is 13.4. The van der Waals surface area contributed by atoms with Gasteiger partial charge in [0.2, 0.25) is 5.91 Å². The van der Waals surface area contributed by atoms with E-state index in [1.165, 1.54) is 0 Å². The minimum Gasteiger partial charge on any atom is -0.356 e. The lowest BCUT2D eigenvalue weighted by atomic mass is 9.72. The normalized spacial score (nSPS) is 15.1. The number of nitrogens with one attached hydrogen (secondary N) is 1. The van der Waals surface area contributed by atoms with Gasteiger partial charge < -0.3 is 10.2 Å². The van der Waals surface area contributed by atoms with Crippen LogP contribution in [0.4, 0.5) is 0 Å². The van der Waals surface area contributed by atoms with Gasteiger partial charge in [-0.3, -0.25) is 19.6 Å². The molecule has 3 heterocycles. The summed E-state index contributed by atoms with van der Waals surface area (Å²) in [7, 11) is 0. The predicted molar refractivity (Wildman–Crippen MR) is 128 cm³/mol. The quantitative estimate of drug-likeness (QED) is 0.597. The fraction of sp³-hybridized carbons (Fsp3) is 0.333. The Morgan fingerprint density at radius 2 is 1.79 bits per heavy atom. The van der Waals surface area contributed by atoms with Crippen molar-refractivity contribution in [2.45, 2.75) is 32.6 Å². The first-order valence-electron chi connectivity index (χ1n) is 11.6. The van der Waals surface area contributed by atoms with Crippen molar-refractivity contribution in [2.24, 2.45) is 5.41 Å². The summed E-state index contributed by atoms with van der Waals surface area (Å²) < 4.78 is 0. The van der Waals surface area contributed by atoms with E-state index in [0.717, 1.165) is 23.1 Å². The van der Waals surface area contributed by atoms with E-state index in [4.69, 9.17) is 0 Å². The summed E-state index contributed by atoms with van der Waals surface area (Å²) in [6.07, 6.45) is 7.99. The molecule has 0 unspecified atom stereocenters. The Kier molecular flexibility index (Phi) is 7.13. The number of amides is 2. The zero-order valence-electron chi connectivity index (χ0n) is 19.0. The van der Waals surface area contributed by atoms with Gasteiger partial charge >= 0.3 is 0 Å². The molecule has 0 atom stereocenters. The number of hydrogen-bond donors (Lipinski definition) is 1. The highest BCUT2D eigenvalue weighted by Crippen LogP contribution is 2.38. The first kappa shape index (κ1) is 22.6. The van der Waals surface area contributed by atoms with Crippen molar-refractivity contribution < 1.29 is 9.59 Å². The molecule has 1 aliphatic rings. The van der Waals surface area contributed by atoms with E-state index in [1.807, 2.05) is 41.4 Å². The number of piperidine rings is 1. The molecule has 1 N–H and O–H groups in total. The van der Waals surface area contributed by atoms with Crippen LogP contribution in [0.1, 0.15) is 42.2 Å². The van der Waals surface area contributed by atoms with Gasteiger partial charge in [0.15, 0.2) is 0 Å². The molecule has 0 aliphatic carbocycles. The third-order valence-electron chi connectivity index (χ3n) is 6.43. The third kappa shape index (κ3) is 5.11. The van der Waals surface area contributed by atoms with Crippen LogP contribution in [-0.4, -0.2) is 46.3 Å². The number of carbonyl (C=O) groups excluding carboxylic acids is 2. The van der Waals surface area contributed by atoms with Crippen molar-refractivity contribution in [2.75, 3.05) is 19.6 Å². The van der Waals surface area contributed by atoms with E-state index < -0.39 is 5.41 Å². The SMILES string of the molecule is CCCNC(=O)C1(Cc2ccccc2-c2cccnc2)CCN(C(=O)c2ccccn2)CC1. The highest BCUT2D eigenvalue weighted by atomic mass is 16.2. The molecule has 1 saturated heterocycles. The average Bonchev–Trinajstić information content (AvgIpc) is 2.88. The molecule has 6 nitrogen and oxygen atoms in total. The van der Waals surface area contributed by atoms with Crippen LogP contribution in [0, 0.1) is 5.41 Å². The lowest BCUT2D eigenvalue weighted by Crippen LogP contribution is -2.51. The molecular weight excluding hydrogens is 412 g/mol. The van der Waals surface area contributed by atoms with Gasteiger partial charge in [0.05, 0.1) is 5.41 Å². The molecule has 1 aromatic carbocycles. The average molecular weight is 443 g/mol. The van der Waals surface area contributed by atoms with Crippen molar-refractivity contribution in [3.05, 3.63) is 84.4 Å². The zero-order chi connectivity index (χ0) is 23.1. The maximum atomic E-state index is 13.4. The molecule has 2 aromatic heterocycles. The Bertz CT molecular complexity index is 1080. The van der Waals surface area contributed by atoms with Gasteiger partial charge in [0, 0.05) is 43.8 Å². The maximum Gasteiger partial charge on any atom is 0.272 e. The Morgan fingerprint density at radius 3 is 2.48 bits per heavy atom. The van der Waals surface area contributed by atoms with Gasteiger partial charge in [0.25, 0.3) is 5.91 Å². The fourth-order valence-electron chi connectivity index (χ4n) is 4.54. The van der Waals surface area contributed by atoms with Crippen molar-refractivity contribution in [1.82, 2.24) is 20.2 Å². The van der Waals surface area contributed by atoms with Crippen LogP contribution in [0.3, 0.4) is 0 Å². The molecule has 3 aromatic rings. The Morgan fingerprint density at radius 1 is 1.00 bits per heavy atom. The van der Waals surface area contributed by atoms with Crippen molar-refractivity contribution in [1.29, 1.82) is 0 Å². The smallest absolute Gasteiger partial charge is 0.272 e. The van der Waals surface area contributed by atoms with E-state index in [9.17, 15) is 9.59 Å². The van der Waals surface area contributed by atoms with E-state index in [0.29, 0.717) is 44.6 Å². The molecule has 0 bridgehead atoms. The summed E-state index contributed by atoms with van der Waals surface area (Å²) in [4.78, 5) is 36.6. The molecular formula is C27H30N4O2. The van der Waals surface area contributed by atoms with Crippen LogP contribution in [-0.2, 0) is 11.2 Å². The summed E-state index contributed by atoms with van der Waals surface area (Å²) in [5.74, 6) is 0.00389. The molecule has 170 valence electrons. The summed E-state index contributed by atoms with van der Waals surface area (Å²) in [6, 6.07) is 17.6. The first-order valence-corrected chi connectivity index (χ1v) is 11.6. The highest BCUT2D eigenvalue weighted by Gasteiger charge is 2.42. The number of benzene rings is 1. The van der Waals surface area contributed by atoms with Crippen molar-refractivity contribution >= 4 is 11.8 Å². The van der Waals surface area contributed by atoms with E-state index in [-0.39, 0.29) is 11.8 Å². The number of aromatic nitrogens is 2. The van der Waals surface area contributed by atoms with Crippen molar-refractivity contribution in [3.8, 4) is 11.1 Å². The van der Waals surface area contributed by atoms with Crippen LogP contribution in [0.2, 0.25) is 0 Å². The zero-order valence-corrected chi connectivity index (χ0v) is 19.0. The molecule has 4 rings (SSSR count). The van der Waals surface area contributed by atoms with Crippen LogP contribution in [0.15, 0.2) is 73.2 Å². The monoisotopic (exact) mass is 442 g/mol. The minimum absolute atomic E-state index is 0.0751. The molecule has 33 heavy (non-hydrogen) atoms. The second-order valence-electron chi connectivity index (χ2n) is 8.62. The summed E-state index contributed by atoms with van der Waals surface area (Å²) in [5, 5.41) is 3.13. The largest absolute Gasteiger partial charge is 0.356 e. The summed E-state index contributed by atoms with van der Waals surface area (Å²) >= 11 is 0. The van der Waals surface area contributed by atoms with E-state index in [2.05, 4.69) is 34.3 Å². The van der Waals surface area contributed by atoms with Gasteiger partial charge in [-0.05, 0) is 55.0 Å². The Labute approximate surface area is 195 Å². The standard InChI is InChI=1S/C27H30N4O2/c1-2-14-30-26(33)27(12-17-31(18-13-27)25(32)24-11-5-6-16-29-24)19-21-8-3-4-10-23(21)22-9-7-15-28-20-22/h3-11,15-16,20H,2,12-14,17-19H2,1H3,(H,30,33). The number of rotatable bonds is 7. The van der Waals surface area contributed by atoms with Gasteiger partial charge in [-0.25, -0.2) is 0 Å². The minimum atomic E-state index is -0.561. The van der Waals surface area contributed by atoms with Gasteiger partial charge in [-0.2, -0.15) is 0 Å². The lowest BCUT2D eigenvalue weighted by molar-refractivity contribution is -0.133. The number of likely N-dealkylation sites (tertiary alicyclic amines) is 1. The number of hydrogen-bond acceptors (Lipinski definition) is 4. The third-order valence-corrected chi connectivity index (χ3v) is 6.43. The number of pyridine rings is 2. The second-order valence-corrected chi connectivity index (χ2v) is 8.62. The first-order chi connectivity index (χ1) is 16.1. The number of nitrogens with zero attached hydrogens (tertiary/aromatic N) is 3. The Hall–Kier alpha value is -3.54.